The number of hydrogen-bond donors (Lipinski definition) is 1. The van der Waals surface area contributed by atoms with Crippen LogP contribution in [0.3, 0.4) is 0 Å². The molecule has 0 unspecified atom stereocenters. The van der Waals surface area contributed by atoms with Gasteiger partial charge < -0.3 is 9.88 Å². The van der Waals surface area contributed by atoms with Crippen molar-refractivity contribution < 1.29 is 0 Å². The predicted octanol–water partition coefficient (Wildman–Crippen LogP) is 4.82. The third kappa shape index (κ3) is 3.69. The molecule has 0 aliphatic carbocycles. The largest absolute Gasteiger partial charge is 0.357 e. The van der Waals surface area contributed by atoms with E-state index in [0.29, 0.717) is 11.4 Å². The molecule has 0 radical (unpaired) electrons. The monoisotopic (exact) mass is 456 g/mol. The highest BCUT2D eigenvalue weighted by Gasteiger charge is 2.36. The number of aromatic nitrogens is 5. The fourth-order valence-electron chi connectivity index (χ4n) is 4.92. The van der Waals surface area contributed by atoms with Crippen molar-refractivity contribution in [3.05, 3.63) is 80.9 Å². The highest BCUT2D eigenvalue weighted by atomic mass is 16.1. The van der Waals surface area contributed by atoms with Gasteiger partial charge in [-0.1, -0.05) is 25.1 Å². The number of nitrogens with one attached hydrogen (secondary N) is 1. The number of fused-ring (bicyclic) bond motifs is 2. The molecule has 3 heterocycles. The van der Waals surface area contributed by atoms with Crippen molar-refractivity contribution in [1.29, 1.82) is 0 Å². The topological polar surface area (TPSA) is 79.7 Å². The van der Waals surface area contributed by atoms with Crippen LogP contribution in [0, 0.1) is 13.8 Å². The summed E-state index contributed by atoms with van der Waals surface area (Å²) in [7, 11) is 0. The van der Waals surface area contributed by atoms with Crippen molar-refractivity contribution in [2.45, 2.75) is 65.5 Å². The van der Waals surface area contributed by atoms with Crippen LogP contribution in [0.25, 0.3) is 10.9 Å². The van der Waals surface area contributed by atoms with Crippen LogP contribution < -0.4 is 10.5 Å². The van der Waals surface area contributed by atoms with Crippen molar-refractivity contribution in [3.63, 3.8) is 0 Å². The maximum Gasteiger partial charge on any atom is 0.254 e. The molecular weight excluding hydrogens is 424 g/mol. The number of anilines is 1. The molecule has 5 rings (SSSR count). The zero-order valence-electron chi connectivity index (χ0n) is 20.6. The van der Waals surface area contributed by atoms with E-state index in [1.807, 2.05) is 16.8 Å². The second-order valence-corrected chi connectivity index (χ2v) is 10.0. The number of H-pyrrole nitrogens is 1. The van der Waals surface area contributed by atoms with Gasteiger partial charge in [0.15, 0.2) is 5.82 Å². The molecule has 2 aromatic carbocycles. The Balaban J connectivity index is 1.78. The number of hydrogen-bond acceptors (Lipinski definition) is 5. The summed E-state index contributed by atoms with van der Waals surface area (Å²) in [6.45, 7) is 11.4. The lowest BCUT2D eigenvalue weighted by Gasteiger charge is -2.38. The normalized spacial score (nSPS) is 14.9. The molecule has 4 aromatic rings. The molecule has 1 N–H and O–H groups in total. The van der Waals surface area contributed by atoms with E-state index >= 15 is 0 Å². The Morgan fingerprint density at radius 3 is 2.68 bits per heavy atom. The second kappa shape index (κ2) is 8.38. The third-order valence-corrected chi connectivity index (χ3v) is 7.42. The summed E-state index contributed by atoms with van der Waals surface area (Å²) in [6.07, 6.45) is 2.90. The fraction of sp³-hybridized carbons (Fsp3) is 0.407. The van der Waals surface area contributed by atoms with Crippen LogP contribution in [-0.2, 0) is 12.0 Å². The molecule has 0 amide bonds. The average Bonchev–Trinajstić information content (AvgIpc) is 3.31. The molecule has 0 spiro atoms. The molecule has 176 valence electrons. The van der Waals surface area contributed by atoms with E-state index in [-0.39, 0.29) is 11.1 Å². The van der Waals surface area contributed by atoms with Gasteiger partial charge in [-0.15, -0.1) is 5.10 Å². The van der Waals surface area contributed by atoms with Crippen LogP contribution in [0.4, 0.5) is 5.69 Å². The Labute approximate surface area is 199 Å². The van der Waals surface area contributed by atoms with Gasteiger partial charge in [0.2, 0.25) is 0 Å². The molecule has 1 aliphatic rings. The van der Waals surface area contributed by atoms with E-state index in [4.69, 9.17) is 0 Å². The van der Waals surface area contributed by atoms with Crippen LogP contribution in [0.1, 0.15) is 67.7 Å². The van der Waals surface area contributed by atoms with Crippen molar-refractivity contribution >= 4 is 16.6 Å². The van der Waals surface area contributed by atoms with Crippen LogP contribution in [0.2, 0.25) is 0 Å². The van der Waals surface area contributed by atoms with Crippen molar-refractivity contribution in [2.75, 3.05) is 11.4 Å². The first-order valence-electron chi connectivity index (χ1n) is 12.1. The number of rotatable bonds is 5. The molecular formula is C27H32N6O. The summed E-state index contributed by atoms with van der Waals surface area (Å²) in [4.78, 5) is 19.0. The molecule has 0 saturated carbocycles. The summed E-state index contributed by atoms with van der Waals surface area (Å²) in [5.74, 6) is 0.692. The molecule has 0 fully saturated rings. The van der Waals surface area contributed by atoms with Crippen molar-refractivity contribution in [3.8, 4) is 0 Å². The first kappa shape index (κ1) is 22.3. The van der Waals surface area contributed by atoms with Crippen molar-refractivity contribution in [1.82, 2.24) is 25.2 Å². The minimum Gasteiger partial charge on any atom is -0.357 e. The molecule has 0 bridgehead atoms. The second-order valence-electron chi connectivity index (χ2n) is 10.0. The molecule has 2 aromatic heterocycles. The highest BCUT2D eigenvalue weighted by molar-refractivity contribution is 5.81. The summed E-state index contributed by atoms with van der Waals surface area (Å²) < 4.78 is 1.90. The average molecular weight is 457 g/mol. The quantitative estimate of drug-likeness (QED) is 0.466. The Morgan fingerprint density at radius 2 is 1.88 bits per heavy atom. The zero-order chi connectivity index (χ0) is 24.0. The maximum atomic E-state index is 13.6. The van der Waals surface area contributed by atoms with E-state index in [1.165, 1.54) is 11.1 Å². The van der Waals surface area contributed by atoms with Gasteiger partial charge >= 0.3 is 0 Å². The predicted molar refractivity (Wildman–Crippen MR) is 135 cm³/mol. The van der Waals surface area contributed by atoms with Gasteiger partial charge in [0, 0.05) is 23.3 Å². The van der Waals surface area contributed by atoms with Gasteiger partial charge in [0.25, 0.3) is 5.56 Å². The first-order valence-corrected chi connectivity index (χ1v) is 12.1. The van der Waals surface area contributed by atoms with E-state index in [1.54, 1.807) is 0 Å². The fourth-order valence-corrected chi connectivity index (χ4v) is 4.92. The summed E-state index contributed by atoms with van der Waals surface area (Å²) in [5, 5.41) is 14.0. The Hall–Kier alpha value is -3.48. The van der Waals surface area contributed by atoms with E-state index in [0.717, 1.165) is 48.0 Å². The van der Waals surface area contributed by atoms with Crippen molar-refractivity contribution in [2.24, 2.45) is 0 Å². The van der Waals surface area contributed by atoms with Crippen LogP contribution in [0.15, 0.2) is 47.3 Å². The summed E-state index contributed by atoms with van der Waals surface area (Å²) in [5.41, 5.74) is 5.90. The van der Waals surface area contributed by atoms with Crippen LogP contribution in [-0.4, -0.2) is 31.7 Å². The van der Waals surface area contributed by atoms with Gasteiger partial charge in [-0.25, -0.2) is 4.68 Å². The SMILES string of the molecule is CCC(C)(C)n1nnnc1[C@@H](c1cc2cc(C)c(C)cc2[nH]c1=O)N1CCCc2ccccc21. The highest BCUT2D eigenvalue weighted by Crippen LogP contribution is 2.38. The standard InChI is InChI=1S/C27H32N6O/c1-6-27(4,5)33-25(29-30-31-33)24(32-13-9-11-19-10-7-8-12-23(19)32)21-16-20-14-17(2)18(3)15-22(20)28-26(21)34/h7-8,10,12,14-16,24H,6,9,11,13H2,1-5H3,(H,28,34)/t24-/m1/s1. The lowest BCUT2D eigenvalue weighted by Crippen LogP contribution is -2.40. The van der Waals surface area contributed by atoms with E-state index in [2.05, 4.69) is 90.4 Å². The molecule has 0 saturated heterocycles. The molecule has 34 heavy (non-hydrogen) atoms. The number of tetrazole rings is 1. The van der Waals surface area contributed by atoms with Gasteiger partial charge in [-0.05, 0) is 104 Å². The van der Waals surface area contributed by atoms with E-state index < -0.39 is 6.04 Å². The molecule has 1 atom stereocenters. The Morgan fingerprint density at radius 1 is 1.12 bits per heavy atom. The Kier molecular flexibility index (Phi) is 5.50. The number of para-hydroxylation sites is 1. The Bertz CT molecular complexity index is 1420. The van der Waals surface area contributed by atoms with Gasteiger partial charge in [0.1, 0.15) is 6.04 Å². The summed E-state index contributed by atoms with van der Waals surface area (Å²) in [6, 6.07) is 14.3. The first-order chi connectivity index (χ1) is 16.3. The zero-order valence-corrected chi connectivity index (χ0v) is 20.6. The number of aryl methyl sites for hydroxylation is 3. The minimum absolute atomic E-state index is 0.104. The third-order valence-electron chi connectivity index (χ3n) is 7.42. The number of pyridine rings is 1. The maximum absolute atomic E-state index is 13.6. The lowest BCUT2D eigenvalue weighted by molar-refractivity contribution is 0.287. The van der Waals surface area contributed by atoms with Gasteiger partial charge in [-0.3, -0.25) is 4.79 Å². The number of aromatic amines is 1. The van der Waals surface area contributed by atoms with Crippen LogP contribution in [0.5, 0.6) is 0 Å². The molecule has 1 aliphatic heterocycles. The molecule has 7 heteroatoms. The van der Waals surface area contributed by atoms with Gasteiger partial charge in [-0.2, -0.15) is 0 Å². The van der Waals surface area contributed by atoms with Crippen LogP contribution >= 0.6 is 0 Å². The van der Waals surface area contributed by atoms with Gasteiger partial charge in [0.05, 0.1) is 5.54 Å². The number of benzene rings is 2. The lowest BCUT2D eigenvalue weighted by atomic mass is 9.95. The minimum atomic E-state index is -0.406. The van der Waals surface area contributed by atoms with E-state index in [9.17, 15) is 4.79 Å². The smallest absolute Gasteiger partial charge is 0.254 e. The summed E-state index contributed by atoms with van der Waals surface area (Å²) >= 11 is 0. The number of nitrogens with zero attached hydrogens (tertiary/aromatic N) is 5. The molecule has 7 nitrogen and oxygen atoms in total.